The minimum Gasteiger partial charge on any atom is -0.398 e. The average molecular weight is 425 g/mol. The molecule has 3 N–H and O–H groups in total. The van der Waals surface area contributed by atoms with Crippen LogP contribution in [0.2, 0.25) is 0 Å². The second-order valence-corrected chi connectivity index (χ2v) is 7.02. The number of fused-ring (bicyclic) bond motifs is 1. The van der Waals surface area contributed by atoms with Crippen molar-refractivity contribution in [2.45, 2.75) is 0 Å². The van der Waals surface area contributed by atoms with E-state index in [0.717, 1.165) is 10.9 Å². The van der Waals surface area contributed by atoms with Crippen molar-refractivity contribution < 1.29 is 9.18 Å². The molecular formula is C25H20FN5O. The summed E-state index contributed by atoms with van der Waals surface area (Å²) < 4.78 is 14.0. The van der Waals surface area contributed by atoms with Crippen molar-refractivity contribution in [1.82, 2.24) is 15.3 Å². The summed E-state index contributed by atoms with van der Waals surface area (Å²) in [6, 6.07) is 18.0. The Labute approximate surface area is 184 Å². The number of hydrogen-bond acceptors (Lipinski definition) is 5. The third-order valence-corrected chi connectivity index (χ3v) is 4.91. The molecule has 6 nitrogen and oxygen atoms in total. The average Bonchev–Trinajstić information content (AvgIpc) is 2.83. The normalized spacial score (nSPS) is 12.1. The number of nitrogens with two attached hydrogens (primary N) is 1. The van der Waals surface area contributed by atoms with Crippen LogP contribution in [-0.4, -0.2) is 28.8 Å². The quantitative estimate of drug-likeness (QED) is 0.379. The summed E-state index contributed by atoms with van der Waals surface area (Å²) in [5.74, 6) is -0.414. The number of amidine groups is 1. The van der Waals surface area contributed by atoms with Gasteiger partial charge in [-0.2, -0.15) is 0 Å². The van der Waals surface area contributed by atoms with Gasteiger partial charge in [0.25, 0.3) is 5.91 Å². The minimum atomic E-state index is -0.418. The zero-order valence-corrected chi connectivity index (χ0v) is 17.3. The van der Waals surface area contributed by atoms with Crippen LogP contribution in [0.1, 0.15) is 15.9 Å². The molecule has 0 saturated carbocycles. The summed E-state index contributed by atoms with van der Waals surface area (Å²) in [7, 11) is 1.58. The molecular weight excluding hydrogens is 405 g/mol. The van der Waals surface area contributed by atoms with E-state index >= 15 is 0 Å². The van der Waals surface area contributed by atoms with E-state index < -0.39 is 5.82 Å². The molecule has 0 aliphatic rings. The predicted octanol–water partition coefficient (Wildman–Crippen LogP) is 4.19. The van der Waals surface area contributed by atoms with E-state index in [4.69, 9.17) is 5.73 Å². The van der Waals surface area contributed by atoms with Gasteiger partial charge in [0.1, 0.15) is 11.7 Å². The Kier molecular flexibility index (Phi) is 5.98. The van der Waals surface area contributed by atoms with Crippen LogP contribution >= 0.6 is 0 Å². The van der Waals surface area contributed by atoms with Crippen LogP contribution in [-0.2, 0) is 0 Å². The van der Waals surface area contributed by atoms with Gasteiger partial charge < -0.3 is 11.1 Å². The standard InChI is InChI=1S/C25H20FN5O/c1-28-24(13-22(27)16-5-3-2-4-6-16)31-25(32)18-8-7-17-11-19(14-30-23(17)12-18)20-9-10-29-15-21(20)26/h2-15H,27H2,1H3,(H,28,31,32)/b22-13-. The monoisotopic (exact) mass is 425 g/mol. The number of halogens is 1. The summed E-state index contributed by atoms with van der Waals surface area (Å²) in [6.07, 6.45) is 5.88. The highest BCUT2D eigenvalue weighted by molar-refractivity contribution is 6.12. The zero-order valence-electron chi connectivity index (χ0n) is 17.3. The van der Waals surface area contributed by atoms with Crippen LogP contribution in [0.4, 0.5) is 4.39 Å². The lowest BCUT2D eigenvalue weighted by atomic mass is 10.0. The van der Waals surface area contributed by atoms with E-state index in [9.17, 15) is 9.18 Å². The summed E-state index contributed by atoms with van der Waals surface area (Å²) in [4.78, 5) is 25.0. The van der Waals surface area contributed by atoms with Crippen molar-refractivity contribution in [2.24, 2.45) is 10.7 Å². The fraction of sp³-hybridized carbons (Fsp3) is 0.0400. The summed E-state index contributed by atoms with van der Waals surface area (Å²) in [5, 5.41) is 3.55. The molecule has 0 radical (unpaired) electrons. The second-order valence-electron chi connectivity index (χ2n) is 7.02. The first-order valence-corrected chi connectivity index (χ1v) is 9.85. The molecule has 0 spiro atoms. The molecule has 1 amide bonds. The van der Waals surface area contributed by atoms with Crippen LogP contribution in [0.25, 0.3) is 27.7 Å². The van der Waals surface area contributed by atoms with E-state index in [1.807, 2.05) is 36.4 Å². The molecule has 2 heterocycles. The number of pyridine rings is 2. The number of rotatable bonds is 4. The first kappa shape index (κ1) is 20.9. The van der Waals surface area contributed by atoms with Gasteiger partial charge in [-0.25, -0.2) is 4.39 Å². The van der Waals surface area contributed by atoms with Crippen LogP contribution < -0.4 is 11.1 Å². The smallest absolute Gasteiger partial charge is 0.256 e. The Bertz CT molecular complexity index is 1350. The van der Waals surface area contributed by atoms with Crippen LogP contribution in [0, 0.1) is 5.82 Å². The maximum atomic E-state index is 14.0. The number of nitrogens with zero attached hydrogens (tertiary/aromatic N) is 3. The molecule has 0 aliphatic carbocycles. The van der Waals surface area contributed by atoms with Gasteiger partial charge in [0, 0.05) is 53.3 Å². The van der Waals surface area contributed by atoms with Crippen molar-refractivity contribution in [3.05, 3.63) is 102 Å². The lowest BCUT2D eigenvalue weighted by Gasteiger charge is -2.08. The van der Waals surface area contributed by atoms with Crippen molar-refractivity contribution >= 4 is 28.3 Å². The third kappa shape index (κ3) is 4.52. The van der Waals surface area contributed by atoms with Gasteiger partial charge in [-0.3, -0.25) is 19.8 Å². The maximum Gasteiger partial charge on any atom is 0.256 e. The summed E-state index contributed by atoms with van der Waals surface area (Å²) in [5.41, 5.74) is 9.53. The molecule has 0 unspecified atom stereocenters. The van der Waals surface area contributed by atoms with E-state index in [1.54, 1.807) is 43.6 Å². The molecule has 7 heteroatoms. The fourth-order valence-electron chi connectivity index (χ4n) is 3.23. The van der Waals surface area contributed by atoms with Gasteiger partial charge in [0.05, 0.1) is 11.7 Å². The van der Waals surface area contributed by atoms with Crippen molar-refractivity contribution in [1.29, 1.82) is 0 Å². The molecule has 2 aromatic carbocycles. The van der Waals surface area contributed by atoms with Crippen molar-refractivity contribution in [3.8, 4) is 11.1 Å². The van der Waals surface area contributed by atoms with Crippen LogP contribution in [0.3, 0.4) is 0 Å². The van der Waals surface area contributed by atoms with Crippen molar-refractivity contribution in [2.75, 3.05) is 7.05 Å². The molecule has 4 aromatic rings. The molecule has 0 aliphatic heterocycles. The summed E-state index contributed by atoms with van der Waals surface area (Å²) in [6.45, 7) is 0. The van der Waals surface area contributed by atoms with E-state index in [-0.39, 0.29) is 5.91 Å². The Morgan fingerprint density at radius 1 is 1.06 bits per heavy atom. The van der Waals surface area contributed by atoms with Gasteiger partial charge >= 0.3 is 0 Å². The highest BCUT2D eigenvalue weighted by Gasteiger charge is 2.11. The van der Waals surface area contributed by atoms with Gasteiger partial charge in [-0.15, -0.1) is 0 Å². The topological polar surface area (TPSA) is 93.3 Å². The molecule has 2 aromatic heterocycles. The number of hydrogen-bond donors (Lipinski definition) is 2. The van der Waals surface area contributed by atoms with E-state index in [2.05, 4.69) is 20.3 Å². The van der Waals surface area contributed by atoms with Crippen LogP contribution in [0.15, 0.2) is 90.3 Å². The predicted molar refractivity (Wildman–Crippen MR) is 124 cm³/mol. The molecule has 0 fully saturated rings. The van der Waals surface area contributed by atoms with Crippen LogP contribution in [0.5, 0.6) is 0 Å². The minimum absolute atomic E-state index is 0.337. The molecule has 4 rings (SSSR count). The second kappa shape index (κ2) is 9.18. The lowest BCUT2D eigenvalue weighted by Crippen LogP contribution is -2.29. The number of carbonyl (C=O) groups is 1. The lowest BCUT2D eigenvalue weighted by molar-refractivity contribution is 0.0977. The van der Waals surface area contributed by atoms with Gasteiger partial charge in [-0.05, 0) is 29.8 Å². The molecule has 32 heavy (non-hydrogen) atoms. The van der Waals surface area contributed by atoms with Gasteiger partial charge in [0.15, 0.2) is 0 Å². The number of nitrogens with one attached hydrogen (secondary N) is 1. The zero-order chi connectivity index (χ0) is 22.5. The number of carbonyl (C=O) groups excluding carboxylic acids is 1. The molecule has 0 atom stereocenters. The number of aromatic nitrogens is 2. The number of amides is 1. The first-order valence-electron chi connectivity index (χ1n) is 9.85. The number of benzene rings is 2. The highest BCUT2D eigenvalue weighted by Crippen LogP contribution is 2.25. The highest BCUT2D eigenvalue weighted by atomic mass is 19.1. The van der Waals surface area contributed by atoms with E-state index in [0.29, 0.717) is 33.7 Å². The Balaban J connectivity index is 1.56. The van der Waals surface area contributed by atoms with E-state index in [1.165, 1.54) is 12.4 Å². The third-order valence-electron chi connectivity index (χ3n) is 4.91. The molecule has 158 valence electrons. The van der Waals surface area contributed by atoms with Crippen molar-refractivity contribution in [3.63, 3.8) is 0 Å². The van der Waals surface area contributed by atoms with Gasteiger partial charge in [0.2, 0.25) is 0 Å². The fourth-order valence-corrected chi connectivity index (χ4v) is 3.23. The molecule has 0 bridgehead atoms. The SMILES string of the molecule is CN=C(/C=C(\N)c1ccccc1)NC(=O)c1ccc2cc(-c3ccncc3F)cnc2c1. The largest absolute Gasteiger partial charge is 0.398 e. The number of aliphatic imine (C=N–C) groups is 1. The Hall–Kier alpha value is -4.39. The Morgan fingerprint density at radius 3 is 2.62 bits per heavy atom. The molecule has 0 saturated heterocycles. The Morgan fingerprint density at radius 2 is 1.88 bits per heavy atom. The first-order chi connectivity index (χ1) is 15.5. The maximum absolute atomic E-state index is 14.0. The van der Waals surface area contributed by atoms with Gasteiger partial charge in [-0.1, -0.05) is 36.4 Å². The summed E-state index contributed by atoms with van der Waals surface area (Å²) >= 11 is 0.